The van der Waals surface area contributed by atoms with Crippen molar-refractivity contribution in [2.45, 2.75) is 31.2 Å². The molecule has 0 heterocycles. The maximum atomic E-state index is 12.8. The van der Waals surface area contributed by atoms with Crippen LogP contribution in [0.25, 0.3) is 10.4 Å². The van der Waals surface area contributed by atoms with Crippen LogP contribution in [0.4, 0.5) is 4.79 Å². The SMILES string of the molecule is [N-]=[N+]=N[C@H](C(=O)NCc1ccccc1)[C@@H](O)[C@H](Cc1ccccc1)NC(=O)Oc1ccccc1. The van der Waals surface area contributed by atoms with Crippen LogP contribution >= 0.6 is 0 Å². The molecule has 3 N–H and O–H groups in total. The molecule has 34 heavy (non-hydrogen) atoms. The Hall–Kier alpha value is -4.33. The lowest BCUT2D eigenvalue weighted by Gasteiger charge is -2.27. The zero-order valence-electron chi connectivity index (χ0n) is 18.3. The van der Waals surface area contributed by atoms with Gasteiger partial charge in [-0.3, -0.25) is 4.79 Å². The van der Waals surface area contributed by atoms with E-state index in [-0.39, 0.29) is 13.0 Å². The minimum atomic E-state index is -1.52. The van der Waals surface area contributed by atoms with Gasteiger partial charge in [0.1, 0.15) is 11.8 Å². The summed E-state index contributed by atoms with van der Waals surface area (Å²) in [6, 6.07) is 24.3. The van der Waals surface area contributed by atoms with E-state index in [1.165, 1.54) is 0 Å². The molecule has 2 amide bonds. The molecule has 3 aromatic rings. The fraction of sp³-hybridized carbons (Fsp3) is 0.200. The molecule has 0 saturated heterocycles. The summed E-state index contributed by atoms with van der Waals surface area (Å²) in [5.41, 5.74) is 10.7. The Labute approximate surface area is 197 Å². The fourth-order valence-corrected chi connectivity index (χ4v) is 3.34. The molecule has 3 rings (SSSR count). The summed E-state index contributed by atoms with van der Waals surface area (Å²) in [4.78, 5) is 28.1. The zero-order valence-corrected chi connectivity index (χ0v) is 18.3. The van der Waals surface area contributed by atoms with E-state index in [1.807, 2.05) is 60.7 Å². The number of hydrogen-bond donors (Lipinski definition) is 3. The molecule has 3 atom stereocenters. The van der Waals surface area contributed by atoms with Gasteiger partial charge in [0.25, 0.3) is 0 Å². The molecule has 9 heteroatoms. The van der Waals surface area contributed by atoms with Gasteiger partial charge in [-0.2, -0.15) is 0 Å². The normalized spacial score (nSPS) is 13.0. The minimum absolute atomic E-state index is 0.176. The summed E-state index contributed by atoms with van der Waals surface area (Å²) in [6.07, 6.45) is -2.15. The Morgan fingerprint density at radius 3 is 2.06 bits per heavy atom. The van der Waals surface area contributed by atoms with Crippen LogP contribution in [0.1, 0.15) is 11.1 Å². The average Bonchev–Trinajstić information content (AvgIpc) is 2.87. The molecular formula is C25H25N5O4. The summed E-state index contributed by atoms with van der Waals surface area (Å²) in [5, 5.41) is 19.8. The van der Waals surface area contributed by atoms with Crippen LogP contribution in [0.3, 0.4) is 0 Å². The number of aliphatic hydroxyl groups excluding tert-OH is 1. The number of amides is 2. The third-order valence-corrected chi connectivity index (χ3v) is 5.05. The molecule has 174 valence electrons. The first-order valence-electron chi connectivity index (χ1n) is 10.7. The number of para-hydroxylation sites is 1. The Balaban J connectivity index is 1.75. The molecule has 0 spiro atoms. The quantitative estimate of drug-likeness (QED) is 0.242. The van der Waals surface area contributed by atoms with Crippen LogP contribution in [0.5, 0.6) is 5.75 Å². The highest BCUT2D eigenvalue weighted by Crippen LogP contribution is 2.14. The van der Waals surface area contributed by atoms with Gasteiger partial charge in [-0.15, -0.1) is 0 Å². The van der Waals surface area contributed by atoms with Gasteiger partial charge >= 0.3 is 6.09 Å². The highest BCUT2D eigenvalue weighted by atomic mass is 16.6. The molecule has 0 aliphatic rings. The van der Waals surface area contributed by atoms with Crippen molar-refractivity contribution in [1.82, 2.24) is 10.6 Å². The van der Waals surface area contributed by atoms with E-state index in [2.05, 4.69) is 20.7 Å². The second-order valence-corrected chi connectivity index (χ2v) is 7.49. The van der Waals surface area contributed by atoms with Crippen LogP contribution in [0.15, 0.2) is 96.1 Å². The molecular weight excluding hydrogens is 434 g/mol. The monoisotopic (exact) mass is 459 g/mol. The Kier molecular flexibility index (Phi) is 9.04. The second kappa shape index (κ2) is 12.6. The van der Waals surface area contributed by atoms with Crippen molar-refractivity contribution in [2.24, 2.45) is 5.11 Å². The zero-order chi connectivity index (χ0) is 24.2. The van der Waals surface area contributed by atoms with Gasteiger partial charge in [0.2, 0.25) is 5.91 Å². The summed E-state index contributed by atoms with van der Waals surface area (Å²) in [7, 11) is 0. The number of carbonyl (C=O) groups excluding carboxylic acids is 2. The molecule has 0 fully saturated rings. The smallest absolute Gasteiger partial charge is 0.410 e. The highest BCUT2D eigenvalue weighted by molar-refractivity contribution is 5.83. The van der Waals surface area contributed by atoms with E-state index >= 15 is 0 Å². The van der Waals surface area contributed by atoms with E-state index in [1.54, 1.807) is 30.3 Å². The molecule has 0 aliphatic carbocycles. The Morgan fingerprint density at radius 1 is 0.912 bits per heavy atom. The third-order valence-electron chi connectivity index (χ3n) is 5.05. The van der Waals surface area contributed by atoms with Crippen LogP contribution in [0, 0.1) is 0 Å². The third kappa shape index (κ3) is 7.37. The van der Waals surface area contributed by atoms with E-state index in [0.717, 1.165) is 11.1 Å². The number of nitrogens with one attached hydrogen (secondary N) is 2. The topological polar surface area (TPSA) is 136 Å². The largest absolute Gasteiger partial charge is 0.412 e. The molecule has 9 nitrogen and oxygen atoms in total. The van der Waals surface area contributed by atoms with Crippen molar-refractivity contribution in [1.29, 1.82) is 0 Å². The predicted octanol–water partition coefficient (Wildman–Crippen LogP) is 3.74. The average molecular weight is 460 g/mol. The maximum Gasteiger partial charge on any atom is 0.412 e. The van der Waals surface area contributed by atoms with E-state index in [0.29, 0.717) is 5.75 Å². The molecule has 0 aromatic heterocycles. The molecule has 0 bridgehead atoms. The van der Waals surface area contributed by atoms with Crippen LogP contribution in [0.2, 0.25) is 0 Å². The number of nitrogens with zero attached hydrogens (tertiary/aromatic N) is 3. The highest BCUT2D eigenvalue weighted by Gasteiger charge is 2.34. The van der Waals surface area contributed by atoms with Crippen molar-refractivity contribution in [3.05, 3.63) is 113 Å². The number of benzene rings is 3. The first-order valence-corrected chi connectivity index (χ1v) is 10.7. The number of carbonyl (C=O) groups is 2. The summed E-state index contributed by atoms with van der Waals surface area (Å²) >= 11 is 0. The van der Waals surface area contributed by atoms with Crippen LogP contribution < -0.4 is 15.4 Å². The lowest BCUT2D eigenvalue weighted by Crippen LogP contribution is -2.53. The number of ether oxygens (including phenoxy) is 1. The lowest BCUT2D eigenvalue weighted by molar-refractivity contribution is -0.125. The summed E-state index contributed by atoms with van der Waals surface area (Å²) in [6.45, 7) is 0.191. The van der Waals surface area contributed by atoms with E-state index in [4.69, 9.17) is 10.3 Å². The van der Waals surface area contributed by atoms with Gasteiger partial charge in [-0.25, -0.2) is 4.79 Å². The van der Waals surface area contributed by atoms with Gasteiger partial charge < -0.3 is 20.5 Å². The standard InChI is InChI=1S/C25H25N5O4/c26-30-29-22(24(32)27-17-19-12-6-2-7-13-19)23(31)21(16-18-10-4-1-5-11-18)28-25(33)34-20-14-8-3-9-15-20/h1-15,21-23,31H,16-17H2,(H,27,32)(H,28,33)/t21-,22-,23-/m0/s1. The minimum Gasteiger partial charge on any atom is -0.410 e. The first-order chi connectivity index (χ1) is 16.6. The lowest BCUT2D eigenvalue weighted by atomic mass is 9.96. The Bertz CT molecular complexity index is 1110. The fourth-order valence-electron chi connectivity index (χ4n) is 3.34. The van der Waals surface area contributed by atoms with E-state index in [9.17, 15) is 14.7 Å². The number of aliphatic hydroxyl groups is 1. The van der Waals surface area contributed by atoms with E-state index < -0.39 is 30.2 Å². The van der Waals surface area contributed by atoms with Crippen molar-refractivity contribution in [3.8, 4) is 5.75 Å². The molecule has 0 unspecified atom stereocenters. The number of hydrogen-bond acceptors (Lipinski definition) is 5. The predicted molar refractivity (Wildman–Crippen MR) is 127 cm³/mol. The molecule has 3 aromatic carbocycles. The Morgan fingerprint density at radius 2 is 1.47 bits per heavy atom. The van der Waals surface area contributed by atoms with Gasteiger partial charge in [0.05, 0.1) is 12.1 Å². The maximum absolute atomic E-state index is 12.8. The van der Waals surface area contributed by atoms with Gasteiger partial charge in [0.15, 0.2) is 0 Å². The number of azide groups is 1. The second-order valence-electron chi connectivity index (χ2n) is 7.49. The molecule has 0 radical (unpaired) electrons. The van der Waals surface area contributed by atoms with Crippen LogP contribution in [-0.4, -0.2) is 35.3 Å². The van der Waals surface area contributed by atoms with Gasteiger partial charge in [-0.1, -0.05) is 84.0 Å². The molecule has 0 saturated carbocycles. The molecule has 0 aliphatic heterocycles. The van der Waals surface area contributed by atoms with Crippen molar-refractivity contribution < 1.29 is 19.4 Å². The first kappa shape index (κ1) is 24.3. The van der Waals surface area contributed by atoms with Gasteiger partial charge in [0, 0.05) is 11.5 Å². The van der Waals surface area contributed by atoms with Gasteiger partial charge in [-0.05, 0) is 35.2 Å². The summed E-state index contributed by atoms with van der Waals surface area (Å²) in [5.74, 6) is -0.342. The van der Waals surface area contributed by atoms with Crippen molar-refractivity contribution >= 4 is 12.0 Å². The van der Waals surface area contributed by atoms with Crippen molar-refractivity contribution in [3.63, 3.8) is 0 Å². The summed E-state index contributed by atoms with van der Waals surface area (Å²) < 4.78 is 5.27. The van der Waals surface area contributed by atoms with Crippen molar-refractivity contribution in [2.75, 3.05) is 0 Å². The number of rotatable bonds is 10. The van der Waals surface area contributed by atoms with Crippen LogP contribution in [-0.2, 0) is 17.8 Å².